The third-order valence-corrected chi connectivity index (χ3v) is 4.19. The summed E-state index contributed by atoms with van der Waals surface area (Å²) in [4.78, 5) is 4.42. The number of pyridine rings is 1. The minimum absolute atomic E-state index is 0.380. The molecule has 0 spiro atoms. The number of fused-ring (bicyclic) bond motifs is 1. The Labute approximate surface area is 113 Å². The molecule has 1 unspecified atom stereocenters. The Morgan fingerprint density at radius 1 is 1.22 bits per heavy atom. The minimum Gasteiger partial charge on any atom is -0.312 e. The number of benzene rings is 1. The molecule has 0 radical (unpaired) electrons. The summed E-state index contributed by atoms with van der Waals surface area (Å²) in [6, 6.07) is 10.9. The molecule has 0 aliphatic carbocycles. The Kier molecular flexibility index (Phi) is 4.61. The first-order valence-corrected chi connectivity index (χ1v) is 7.39. The number of thioether (sulfide) groups is 1. The average molecular weight is 260 g/mol. The molecule has 1 N–H and O–H groups in total. The highest BCUT2D eigenvalue weighted by Gasteiger charge is 2.13. The monoisotopic (exact) mass is 260 g/mol. The molecule has 0 amide bonds. The van der Waals surface area contributed by atoms with Gasteiger partial charge >= 0.3 is 0 Å². The van der Waals surface area contributed by atoms with Crippen LogP contribution in [0.15, 0.2) is 36.5 Å². The van der Waals surface area contributed by atoms with E-state index in [9.17, 15) is 0 Å². The SMILES string of the molecule is CNC(CSC(C)C)c1cccc2ncccc12. The number of hydrogen-bond acceptors (Lipinski definition) is 3. The lowest BCUT2D eigenvalue weighted by molar-refractivity contribution is 0.666. The molecule has 0 aliphatic heterocycles. The van der Waals surface area contributed by atoms with Crippen LogP contribution in [0.4, 0.5) is 0 Å². The van der Waals surface area contributed by atoms with Gasteiger partial charge in [0.1, 0.15) is 0 Å². The smallest absolute Gasteiger partial charge is 0.0705 e. The Morgan fingerprint density at radius 3 is 2.78 bits per heavy atom. The first kappa shape index (κ1) is 13.4. The molecule has 1 atom stereocenters. The second kappa shape index (κ2) is 6.21. The van der Waals surface area contributed by atoms with Crippen LogP contribution in [0.5, 0.6) is 0 Å². The Morgan fingerprint density at radius 2 is 2.06 bits per heavy atom. The van der Waals surface area contributed by atoms with E-state index in [-0.39, 0.29) is 0 Å². The molecule has 1 aromatic heterocycles. The summed E-state index contributed by atoms with van der Waals surface area (Å²) in [5.74, 6) is 1.09. The lowest BCUT2D eigenvalue weighted by atomic mass is 10.0. The maximum atomic E-state index is 4.42. The fourth-order valence-electron chi connectivity index (χ4n) is 2.05. The second-order valence-corrected chi connectivity index (χ2v) is 6.25. The molecule has 2 rings (SSSR count). The van der Waals surface area contributed by atoms with Crippen molar-refractivity contribution < 1.29 is 0 Å². The molecule has 2 aromatic rings. The fraction of sp³-hybridized carbons (Fsp3) is 0.400. The van der Waals surface area contributed by atoms with Gasteiger partial charge in [0, 0.05) is 23.4 Å². The third-order valence-electron chi connectivity index (χ3n) is 3.00. The van der Waals surface area contributed by atoms with E-state index >= 15 is 0 Å². The van der Waals surface area contributed by atoms with E-state index < -0.39 is 0 Å². The molecule has 0 bridgehead atoms. The molecular formula is C15H20N2S. The number of nitrogens with one attached hydrogen (secondary N) is 1. The highest BCUT2D eigenvalue weighted by atomic mass is 32.2. The third kappa shape index (κ3) is 3.03. The number of aromatic nitrogens is 1. The first-order valence-electron chi connectivity index (χ1n) is 6.35. The molecule has 3 heteroatoms. The first-order chi connectivity index (χ1) is 8.72. The van der Waals surface area contributed by atoms with Gasteiger partial charge in [-0.15, -0.1) is 0 Å². The van der Waals surface area contributed by atoms with Crippen LogP contribution in [0.3, 0.4) is 0 Å². The van der Waals surface area contributed by atoms with Crippen molar-refractivity contribution in [1.82, 2.24) is 10.3 Å². The summed E-state index contributed by atoms with van der Waals surface area (Å²) in [6.45, 7) is 4.48. The van der Waals surface area contributed by atoms with Crippen LogP contribution in [-0.2, 0) is 0 Å². The maximum Gasteiger partial charge on any atom is 0.0705 e. The van der Waals surface area contributed by atoms with E-state index in [4.69, 9.17) is 0 Å². The lowest BCUT2D eigenvalue weighted by Crippen LogP contribution is -2.19. The van der Waals surface area contributed by atoms with Gasteiger partial charge in [-0.3, -0.25) is 4.98 Å². The molecule has 0 fully saturated rings. The maximum absolute atomic E-state index is 4.42. The molecule has 2 nitrogen and oxygen atoms in total. The van der Waals surface area contributed by atoms with Gasteiger partial charge in [-0.25, -0.2) is 0 Å². The van der Waals surface area contributed by atoms with Gasteiger partial charge in [0.25, 0.3) is 0 Å². The predicted molar refractivity (Wildman–Crippen MR) is 81.1 cm³/mol. The molecule has 0 saturated carbocycles. The number of nitrogens with zero attached hydrogens (tertiary/aromatic N) is 1. The van der Waals surface area contributed by atoms with Crippen molar-refractivity contribution in [3.63, 3.8) is 0 Å². The van der Waals surface area contributed by atoms with Gasteiger partial charge in [-0.1, -0.05) is 32.0 Å². The Balaban J connectivity index is 2.32. The van der Waals surface area contributed by atoms with Crippen molar-refractivity contribution in [2.75, 3.05) is 12.8 Å². The van der Waals surface area contributed by atoms with Gasteiger partial charge in [0.2, 0.25) is 0 Å². The van der Waals surface area contributed by atoms with Crippen LogP contribution in [0, 0.1) is 0 Å². The van der Waals surface area contributed by atoms with E-state index in [0.717, 1.165) is 11.3 Å². The summed E-state index contributed by atoms with van der Waals surface area (Å²) < 4.78 is 0. The fourth-order valence-corrected chi connectivity index (χ4v) is 2.97. The number of hydrogen-bond donors (Lipinski definition) is 1. The lowest BCUT2D eigenvalue weighted by Gasteiger charge is -2.19. The second-order valence-electron chi connectivity index (χ2n) is 4.64. The van der Waals surface area contributed by atoms with Gasteiger partial charge in [-0.05, 0) is 30.0 Å². The van der Waals surface area contributed by atoms with E-state index in [1.807, 2.05) is 31.1 Å². The zero-order valence-corrected chi connectivity index (χ0v) is 12.0. The quantitative estimate of drug-likeness (QED) is 0.888. The highest BCUT2D eigenvalue weighted by Crippen LogP contribution is 2.26. The molecular weight excluding hydrogens is 240 g/mol. The molecule has 0 saturated heterocycles. The average Bonchev–Trinajstić information content (AvgIpc) is 2.39. The van der Waals surface area contributed by atoms with Crippen molar-refractivity contribution in [3.05, 3.63) is 42.1 Å². The zero-order chi connectivity index (χ0) is 13.0. The largest absolute Gasteiger partial charge is 0.312 e. The molecule has 96 valence electrons. The number of rotatable bonds is 5. The van der Waals surface area contributed by atoms with Crippen molar-refractivity contribution >= 4 is 22.7 Å². The molecule has 1 heterocycles. The van der Waals surface area contributed by atoms with Gasteiger partial charge in [0.05, 0.1) is 5.52 Å². The Bertz CT molecular complexity index is 505. The van der Waals surface area contributed by atoms with Crippen LogP contribution in [0.1, 0.15) is 25.5 Å². The van der Waals surface area contributed by atoms with Gasteiger partial charge in [0.15, 0.2) is 0 Å². The predicted octanol–water partition coefficient (Wildman–Crippen LogP) is 3.64. The molecule has 18 heavy (non-hydrogen) atoms. The van der Waals surface area contributed by atoms with Crippen LogP contribution >= 0.6 is 11.8 Å². The van der Waals surface area contributed by atoms with Crippen LogP contribution in [-0.4, -0.2) is 23.0 Å². The van der Waals surface area contributed by atoms with Crippen molar-refractivity contribution in [2.45, 2.75) is 25.1 Å². The van der Waals surface area contributed by atoms with Crippen LogP contribution in [0.2, 0.25) is 0 Å². The minimum atomic E-state index is 0.380. The normalized spacial score (nSPS) is 13.1. The van der Waals surface area contributed by atoms with Crippen LogP contribution in [0.25, 0.3) is 10.9 Å². The summed E-state index contributed by atoms with van der Waals surface area (Å²) in [5, 5.41) is 5.33. The molecule has 0 aliphatic rings. The highest BCUT2D eigenvalue weighted by molar-refractivity contribution is 7.99. The summed E-state index contributed by atoms with van der Waals surface area (Å²) in [7, 11) is 2.03. The topological polar surface area (TPSA) is 24.9 Å². The van der Waals surface area contributed by atoms with E-state index in [1.165, 1.54) is 10.9 Å². The van der Waals surface area contributed by atoms with E-state index in [1.54, 1.807) is 0 Å². The van der Waals surface area contributed by atoms with Crippen molar-refractivity contribution in [3.8, 4) is 0 Å². The van der Waals surface area contributed by atoms with E-state index in [0.29, 0.717) is 11.3 Å². The standard InChI is InChI=1S/C15H20N2S/c1-11(2)18-10-15(16-3)13-6-4-8-14-12(13)7-5-9-17-14/h4-9,11,15-16H,10H2,1-3H3. The summed E-state index contributed by atoms with van der Waals surface area (Å²) in [6.07, 6.45) is 1.85. The zero-order valence-electron chi connectivity index (χ0n) is 11.2. The van der Waals surface area contributed by atoms with Crippen molar-refractivity contribution in [1.29, 1.82) is 0 Å². The Hall–Kier alpha value is -1.06. The van der Waals surface area contributed by atoms with Crippen molar-refractivity contribution in [2.24, 2.45) is 0 Å². The van der Waals surface area contributed by atoms with Crippen LogP contribution < -0.4 is 5.32 Å². The molecule has 1 aromatic carbocycles. The summed E-state index contributed by atoms with van der Waals surface area (Å²) >= 11 is 1.98. The van der Waals surface area contributed by atoms with Gasteiger partial charge in [-0.2, -0.15) is 11.8 Å². The van der Waals surface area contributed by atoms with Gasteiger partial charge < -0.3 is 5.32 Å². The summed E-state index contributed by atoms with van der Waals surface area (Å²) in [5.41, 5.74) is 2.42. The van der Waals surface area contributed by atoms with E-state index in [2.05, 4.69) is 48.4 Å².